The van der Waals surface area contributed by atoms with Crippen LogP contribution >= 0.6 is 0 Å². The molecule has 15 heteroatoms. The second kappa shape index (κ2) is 21.8. The Bertz CT molecular complexity index is 2680. The molecule has 67 heavy (non-hydrogen) atoms. The standard InChI is InChI=1S/C52H44F2O13/c1-31(62-48(56)35-16-8-4-9-17-35)44-45(64-49(57)36-18-10-5-11-19-36)46(65-50(58)37-20-12-6-13-21-37)47(66-51(59)38-22-14-7-15-23-38)52(67-44)63-43-29-34(30-61-32(2)55)28-40(53)39(43)26-33-24-25-42(60-3)41(54)27-33/h4-25,27-29,31,44-47,52H,26,30H2,1-3H3/t31-,44-,45-,46+,47-,52-/m1/s1. The highest BCUT2D eigenvalue weighted by Crippen LogP contribution is 2.37. The Morgan fingerprint density at radius 1 is 0.567 bits per heavy atom. The lowest BCUT2D eigenvalue weighted by Gasteiger charge is -2.45. The van der Waals surface area contributed by atoms with Gasteiger partial charge in [-0.3, -0.25) is 4.79 Å². The Labute approximate surface area is 384 Å². The first-order valence-corrected chi connectivity index (χ1v) is 21.0. The smallest absolute Gasteiger partial charge is 0.338 e. The third-order valence-electron chi connectivity index (χ3n) is 10.6. The molecule has 1 heterocycles. The van der Waals surface area contributed by atoms with Crippen molar-refractivity contribution in [1.82, 2.24) is 0 Å². The molecule has 1 aliphatic heterocycles. The minimum Gasteiger partial charge on any atom is -0.494 e. The molecule has 0 spiro atoms. The van der Waals surface area contributed by atoms with E-state index in [2.05, 4.69) is 0 Å². The van der Waals surface area contributed by atoms with Gasteiger partial charge in [-0.2, -0.15) is 0 Å². The Morgan fingerprint density at radius 3 is 1.54 bits per heavy atom. The lowest BCUT2D eigenvalue weighted by Crippen LogP contribution is -2.65. The molecule has 1 aliphatic rings. The fourth-order valence-corrected chi connectivity index (χ4v) is 7.24. The van der Waals surface area contributed by atoms with Gasteiger partial charge in [0, 0.05) is 18.9 Å². The summed E-state index contributed by atoms with van der Waals surface area (Å²) >= 11 is 0. The number of esters is 5. The third-order valence-corrected chi connectivity index (χ3v) is 10.6. The molecule has 13 nitrogen and oxygen atoms in total. The van der Waals surface area contributed by atoms with E-state index in [1.807, 2.05) is 0 Å². The van der Waals surface area contributed by atoms with Crippen LogP contribution in [0.4, 0.5) is 8.78 Å². The van der Waals surface area contributed by atoms with Crippen molar-refractivity contribution in [2.24, 2.45) is 0 Å². The molecule has 0 aromatic heterocycles. The van der Waals surface area contributed by atoms with Crippen molar-refractivity contribution in [2.75, 3.05) is 7.11 Å². The van der Waals surface area contributed by atoms with Gasteiger partial charge >= 0.3 is 29.8 Å². The minimum atomic E-state index is -1.88. The van der Waals surface area contributed by atoms with Crippen LogP contribution in [0.15, 0.2) is 152 Å². The normalized spacial score (nSPS) is 18.1. The van der Waals surface area contributed by atoms with Gasteiger partial charge in [-0.25, -0.2) is 28.0 Å². The number of carbonyl (C=O) groups is 5. The second-order valence-corrected chi connectivity index (χ2v) is 15.3. The first-order chi connectivity index (χ1) is 32.4. The van der Waals surface area contributed by atoms with E-state index in [1.165, 1.54) is 87.7 Å². The number of halogens is 2. The monoisotopic (exact) mass is 914 g/mol. The zero-order valence-electron chi connectivity index (χ0n) is 36.4. The van der Waals surface area contributed by atoms with E-state index in [9.17, 15) is 24.0 Å². The molecule has 7 rings (SSSR count). The number of benzene rings is 6. The highest BCUT2D eigenvalue weighted by atomic mass is 19.1. The molecule has 0 unspecified atom stereocenters. The number of hydrogen-bond donors (Lipinski definition) is 0. The molecule has 1 fully saturated rings. The van der Waals surface area contributed by atoms with Crippen LogP contribution in [-0.4, -0.2) is 73.8 Å². The molecule has 0 bridgehead atoms. The van der Waals surface area contributed by atoms with Gasteiger partial charge in [0.2, 0.25) is 12.4 Å². The molecule has 6 aromatic rings. The molecule has 0 aliphatic carbocycles. The van der Waals surface area contributed by atoms with Crippen molar-refractivity contribution < 1.29 is 70.6 Å². The van der Waals surface area contributed by atoms with Crippen molar-refractivity contribution in [2.45, 2.75) is 63.7 Å². The van der Waals surface area contributed by atoms with E-state index in [-0.39, 0.29) is 56.9 Å². The van der Waals surface area contributed by atoms with Crippen LogP contribution in [0.25, 0.3) is 0 Å². The van der Waals surface area contributed by atoms with Crippen LogP contribution in [0.5, 0.6) is 11.5 Å². The zero-order chi connectivity index (χ0) is 47.5. The van der Waals surface area contributed by atoms with Gasteiger partial charge in [0.25, 0.3) is 0 Å². The van der Waals surface area contributed by atoms with Crippen molar-refractivity contribution >= 4 is 29.8 Å². The van der Waals surface area contributed by atoms with Crippen molar-refractivity contribution in [1.29, 1.82) is 0 Å². The fourth-order valence-electron chi connectivity index (χ4n) is 7.24. The largest absolute Gasteiger partial charge is 0.494 e. The van der Waals surface area contributed by atoms with Gasteiger partial charge in [0.1, 0.15) is 30.4 Å². The van der Waals surface area contributed by atoms with E-state index < -0.39 is 84.9 Å². The Hall–Kier alpha value is -7.91. The topological polar surface area (TPSA) is 159 Å². The van der Waals surface area contributed by atoms with E-state index in [4.69, 9.17) is 37.9 Å². The summed E-state index contributed by atoms with van der Waals surface area (Å²) in [6.45, 7) is 2.22. The van der Waals surface area contributed by atoms with Gasteiger partial charge in [-0.15, -0.1) is 0 Å². The number of methoxy groups -OCH3 is 1. The molecular weight excluding hydrogens is 871 g/mol. The second-order valence-electron chi connectivity index (χ2n) is 15.3. The van der Waals surface area contributed by atoms with E-state index >= 15 is 8.78 Å². The maximum atomic E-state index is 16.5. The summed E-state index contributed by atoms with van der Waals surface area (Å²) in [6, 6.07) is 37.9. The minimum absolute atomic E-state index is 0.0520. The maximum absolute atomic E-state index is 16.5. The van der Waals surface area contributed by atoms with E-state index in [0.717, 1.165) is 12.1 Å². The Balaban J connectivity index is 1.39. The summed E-state index contributed by atoms with van der Waals surface area (Å²) in [5.74, 6) is -6.18. The van der Waals surface area contributed by atoms with Crippen LogP contribution in [0.3, 0.4) is 0 Å². The lowest BCUT2D eigenvalue weighted by atomic mass is 9.94. The molecule has 6 atom stereocenters. The highest BCUT2D eigenvalue weighted by Gasteiger charge is 2.56. The predicted octanol–water partition coefficient (Wildman–Crippen LogP) is 8.65. The van der Waals surface area contributed by atoms with Gasteiger partial charge in [0.15, 0.2) is 23.8 Å². The quantitative estimate of drug-likeness (QED) is 0.0672. The molecule has 0 saturated carbocycles. The summed E-state index contributed by atoms with van der Waals surface area (Å²) in [4.78, 5) is 67.8. The van der Waals surface area contributed by atoms with Gasteiger partial charge in [-0.05, 0) is 90.8 Å². The molecule has 6 aromatic carbocycles. The maximum Gasteiger partial charge on any atom is 0.338 e. The summed E-state index contributed by atoms with van der Waals surface area (Å²) in [7, 11) is 1.30. The molecule has 1 saturated heterocycles. The number of carbonyl (C=O) groups excluding carboxylic acids is 5. The molecular formula is C52H44F2O13. The SMILES string of the molecule is COc1ccc(Cc2c(F)cc(COC(C)=O)cc2O[C@@H]2O[C@H]([C@@H](C)OC(=O)c3ccccc3)[C@@H](OC(=O)c3ccccc3)[C@H](OC(=O)c3ccccc3)[C@H]2OC(=O)c2ccccc2)cc1F. The average Bonchev–Trinajstić information content (AvgIpc) is 3.34. The fraction of sp³-hybridized carbons (Fsp3) is 0.212. The van der Waals surface area contributed by atoms with Crippen LogP contribution in [0.1, 0.15) is 72.0 Å². The molecule has 0 N–H and O–H groups in total. The van der Waals surface area contributed by atoms with Gasteiger partial charge in [0.05, 0.1) is 29.4 Å². The van der Waals surface area contributed by atoms with E-state index in [0.29, 0.717) is 0 Å². The first-order valence-electron chi connectivity index (χ1n) is 21.0. The lowest BCUT2D eigenvalue weighted by molar-refractivity contribution is -0.284. The van der Waals surface area contributed by atoms with Crippen LogP contribution in [0.2, 0.25) is 0 Å². The first kappa shape index (κ1) is 47.1. The zero-order valence-corrected chi connectivity index (χ0v) is 36.4. The summed E-state index contributed by atoms with van der Waals surface area (Å²) in [5, 5.41) is 0. The van der Waals surface area contributed by atoms with Crippen molar-refractivity contribution in [3.63, 3.8) is 0 Å². The van der Waals surface area contributed by atoms with Crippen LogP contribution in [-0.2, 0) is 46.2 Å². The Morgan fingerprint density at radius 2 is 1.04 bits per heavy atom. The third kappa shape index (κ3) is 11.9. The van der Waals surface area contributed by atoms with Crippen molar-refractivity contribution in [3.8, 4) is 11.5 Å². The molecule has 0 radical (unpaired) electrons. The predicted molar refractivity (Wildman–Crippen MR) is 235 cm³/mol. The van der Waals surface area contributed by atoms with Crippen LogP contribution in [0, 0.1) is 11.6 Å². The molecule has 344 valence electrons. The summed E-state index contributed by atoms with van der Waals surface area (Å²) in [6.07, 6.45) is -10.4. The highest BCUT2D eigenvalue weighted by molar-refractivity contribution is 5.91. The van der Waals surface area contributed by atoms with Gasteiger partial charge < -0.3 is 37.9 Å². The number of hydrogen-bond acceptors (Lipinski definition) is 13. The summed E-state index contributed by atoms with van der Waals surface area (Å²) in [5.41, 5.74) is 0.607. The number of ether oxygens (including phenoxy) is 8. The number of rotatable bonds is 16. The Kier molecular flexibility index (Phi) is 15.3. The molecule has 0 amide bonds. The van der Waals surface area contributed by atoms with Crippen molar-refractivity contribution in [3.05, 3.63) is 202 Å². The average molecular weight is 915 g/mol. The van der Waals surface area contributed by atoms with E-state index in [1.54, 1.807) is 72.8 Å². The van der Waals surface area contributed by atoms with Gasteiger partial charge in [-0.1, -0.05) is 78.9 Å². The van der Waals surface area contributed by atoms with Crippen LogP contribution < -0.4 is 9.47 Å². The summed E-state index contributed by atoms with van der Waals surface area (Å²) < 4.78 is 79.4.